The molecule has 0 spiro atoms. The Labute approximate surface area is 197 Å². The fourth-order valence-electron chi connectivity index (χ4n) is 3.35. The van der Waals surface area contributed by atoms with Crippen molar-refractivity contribution in [2.75, 3.05) is 5.32 Å². The summed E-state index contributed by atoms with van der Waals surface area (Å²) >= 11 is 1.17. The number of carbonyl (C=O) groups is 1. The molecule has 1 atom stereocenters. The molecule has 1 heterocycles. The molecule has 0 bridgehead atoms. The molecule has 0 aromatic heterocycles. The SMILES string of the molecule is CC1=CC(C(=O)Nc2ccccc2C(F)(F)F)C(C#N)=C(SCc2ccc(C)c([N+](=O)[O-])c2)N1. The van der Waals surface area contributed by atoms with Gasteiger partial charge >= 0.3 is 6.18 Å². The highest BCUT2D eigenvalue weighted by atomic mass is 32.2. The van der Waals surface area contributed by atoms with E-state index in [1.807, 2.05) is 6.07 Å². The highest BCUT2D eigenvalue weighted by Gasteiger charge is 2.35. The molecule has 0 saturated heterocycles. The summed E-state index contributed by atoms with van der Waals surface area (Å²) < 4.78 is 39.9. The minimum atomic E-state index is -4.66. The van der Waals surface area contributed by atoms with Crippen LogP contribution in [0.15, 0.2) is 64.8 Å². The van der Waals surface area contributed by atoms with Gasteiger partial charge in [0.05, 0.1) is 38.8 Å². The summed E-state index contributed by atoms with van der Waals surface area (Å²) in [5.74, 6) is -1.62. The monoisotopic (exact) mass is 488 g/mol. The van der Waals surface area contributed by atoms with Crippen LogP contribution < -0.4 is 10.6 Å². The number of nitriles is 1. The number of hydrogen-bond donors (Lipinski definition) is 2. The maximum Gasteiger partial charge on any atom is 0.418 e. The number of benzene rings is 2. The van der Waals surface area contributed by atoms with Crippen molar-refractivity contribution >= 4 is 29.0 Å². The Bertz CT molecular complexity index is 1250. The van der Waals surface area contributed by atoms with E-state index in [2.05, 4.69) is 10.6 Å². The zero-order valence-electron chi connectivity index (χ0n) is 18.1. The van der Waals surface area contributed by atoms with Crippen LogP contribution in [0.5, 0.6) is 0 Å². The molecule has 2 aromatic rings. The lowest BCUT2D eigenvalue weighted by Gasteiger charge is -2.24. The summed E-state index contributed by atoms with van der Waals surface area (Å²) in [5, 5.41) is 26.6. The van der Waals surface area contributed by atoms with E-state index in [-0.39, 0.29) is 17.0 Å². The molecule has 1 unspecified atom stereocenters. The van der Waals surface area contributed by atoms with E-state index in [4.69, 9.17) is 0 Å². The van der Waals surface area contributed by atoms with Gasteiger partial charge in [0, 0.05) is 23.1 Å². The molecule has 1 aliphatic heterocycles. The molecule has 2 N–H and O–H groups in total. The zero-order valence-corrected chi connectivity index (χ0v) is 18.9. The Morgan fingerprint density at radius 2 is 1.97 bits per heavy atom. The molecule has 0 fully saturated rings. The number of nitro benzene ring substituents is 1. The number of nitrogens with zero attached hydrogens (tertiary/aromatic N) is 2. The topological polar surface area (TPSA) is 108 Å². The van der Waals surface area contributed by atoms with Crippen molar-refractivity contribution in [3.8, 4) is 6.07 Å². The highest BCUT2D eigenvalue weighted by Crippen LogP contribution is 2.36. The molecule has 0 saturated carbocycles. The van der Waals surface area contributed by atoms with Crippen LogP contribution in [-0.4, -0.2) is 10.8 Å². The lowest BCUT2D eigenvalue weighted by molar-refractivity contribution is -0.385. The molecule has 0 aliphatic carbocycles. The third-order valence-corrected chi connectivity index (χ3v) is 6.12. The van der Waals surface area contributed by atoms with Gasteiger partial charge in [0.2, 0.25) is 5.91 Å². The number of rotatable bonds is 6. The Morgan fingerprint density at radius 1 is 1.26 bits per heavy atom. The number of para-hydroxylation sites is 1. The van der Waals surface area contributed by atoms with Gasteiger partial charge in [0.15, 0.2) is 0 Å². The van der Waals surface area contributed by atoms with E-state index in [1.165, 1.54) is 36.0 Å². The molecule has 2 aromatic carbocycles. The summed E-state index contributed by atoms with van der Waals surface area (Å²) in [6.07, 6.45) is -3.19. The van der Waals surface area contributed by atoms with Gasteiger partial charge in [0.1, 0.15) is 0 Å². The Hall–Kier alpha value is -3.78. The van der Waals surface area contributed by atoms with Crippen molar-refractivity contribution < 1.29 is 22.9 Å². The molecule has 1 amide bonds. The first kappa shape index (κ1) is 24.9. The number of halogens is 3. The van der Waals surface area contributed by atoms with Gasteiger partial charge in [-0.1, -0.05) is 24.3 Å². The maximum atomic E-state index is 13.3. The fraction of sp³-hybridized carbons (Fsp3) is 0.217. The first-order valence-electron chi connectivity index (χ1n) is 9.94. The fourth-order valence-corrected chi connectivity index (χ4v) is 4.40. The number of hydrogen-bond acceptors (Lipinski definition) is 6. The third kappa shape index (κ3) is 5.58. The van der Waals surface area contributed by atoms with Crippen molar-refractivity contribution in [1.82, 2.24) is 5.32 Å². The maximum absolute atomic E-state index is 13.3. The first-order chi connectivity index (χ1) is 16.0. The van der Waals surface area contributed by atoms with Crippen LogP contribution in [0.4, 0.5) is 24.5 Å². The van der Waals surface area contributed by atoms with Crippen LogP contribution in [-0.2, 0) is 16.7 Å². The predicted octanol–water partition coefficient (Wildman–Crippen LogP) is 5.65. The average molecular weight is 488 g/mol. The standard InChI is InChI=1S/C23H19F3N4O3S/c1-13-7-8-15(10-20(13)30(32)33)12-34-22-17(11-27)16(9-14(2)28-22)21(31)29-19-6-4-3-5-18(19)23(24,25)26/h3-10,16,28H,12H2,1-2H3,(H,29,31). The highest BCUT2D eigenvalue weighted by molar-refractivity contribution is 8.02. The van der Waals surface area contributed by atoms with E-state index in [9.17, 15) is 33.3 Å². The number of anilines is 1. The van der Waals surface area contributed by atoms with Gasteiger partial charge in [-0.25, -0.2) is 0 Å². The quantitative estimate of drug-likeness (QED) is 0.402. The minimum Gasteiger partial charge on any atom is -0.353 e. The molecule has 34 heavy (non-hydrogen) atoms. The largest absolute Gasteiger partial charge is 0.418 e. The second-order valence-corrected chi connectivity index (χ2v) is 8.49. The van der Waals surface area contributed by atoms with Crippen LogP contribution in [0.1, 0.15) is 23.6 Å². The van der Waals surface area contributed by atoms with Gasteiger partial charge in [0.25, 0.3) is 5.69 Å². The first-order valence-corrected chi connectivity index (χ1v) is 10.9. The molecule has 0 radical (unpaired) electrons. The van der Waals surface area contributed by atoms with Crippen molar-refractivity contribution in [1.29, 1.82) is 5.26 Å². The van der Waals surface area contributed by atoms with Gasteiger partial charge in [-0.15, -0.1) is 11.8 Å². The summed E-state index contributed by atoms with van der Waals surface area (Å²) in [7, 11) is 0. The van der Waals surface area contributed by atoms with E-state index in [0.29, 0.717) is 21.9 Å². The van der Waals surface area contributed by atoms with Gasteiger partial charge in [-0.2, -0.15) is 18.4 Å². The van der Waals surface area contributed by atoms with Crippen molar-refractivity contribution in [3.05, 3.63) is 91.6 Å². The second-order valence-electron chi connectivity index (χ2n) is 7.51. The van der Waals surface area contributed by atoms with Crippen molar-refractivity contribution in [2.45, 2.75) is 25.8 Å². The Morgan fingerprint density at radius 3 is 2.62 bits per heavy atom. The molecular formula is C23H19F3N4O3S. The van der Waals surface area contributed by atoms with Crippen molar-refractivity contribution in [3.63, 3.8) is 0 Å². The third-order valence-electron chi connectivity index (χ3n) is 5.03. The molecular weight excluding hydrogens is 469 g/mol. The van der Waals surface area contributed by atoms with Gasteiger partial charge in [-0.3, -0.25) is 14.9 Å². The smallest absolute Gasteiger partial charge is 0.353 e. The summed E-state index contributed by atoms with van der Waals surface area (Å²) in [4.78, 5) is 23.6. The van der Waals surface area contributed by atoms with Gasteiger partial charge < -0.3 is 10.6 Å². The Balaban J connectivity index is 1.85. The number of thioether (sulfide) groups is 1. The number of dihydropyridines is 1. The van der Waals surface area contributed by atoms with E-state index >= 15 is 0 Å². The molecule has 1 aliphatic rings. The summed E-state index contributed by atoms with van der Waals surface area (Å²) in [5.41, 5.74) is 0.321. The number of aryl methyl sites for hydroxylation is 1. The summed E-state index contributed by atoms with van der Waals surface area (Å²) in [6.45, 7) is 3.29. The second kappa shape index (κ2) is 10.0. The van der Waals surface area contributed by atoms with E-state index in [1.54, 1.807) is 26.0 Å². The number of amides is 1. The minimum absolute atomic E-state index is 0.0270. The lowest BCUT2D eigenvalue weighted by atomic mass is 9.96. The predicted molar refractivity (Wildman–Crippen MR) is 122 cm³/mol. The molecule has 176 valence electrons. The molecule has 11 heteroatoms. The van der Waals surface area contributed by atoms with Gasteiger partial charge in [-0.05, 0) is 37.6 Å². The van der Waals surface area contributed by atoms with Crippen LogP contribution in [0.2, 0.25) is 0 Å². The van der Waals surface area contributed by atoms with Crippen LogP contribution >= 0.6 is 11.8 Å². The summed E-state index contributed by atoms with van der Waals surface area (Å²) in [6, 6.07) is 11.4. The normalized spacial score (nSPS) is 15.8. The van der Waals surface area contributed by atoms with Crippen LogP contribution in [0, 0.1) is 34.3 Å². The number of carbonyl (C=O) groups excluding carboxylic acids is 1. The molecule has 7 nitrogen and oxygen atoms in total. The number of nitro groups is 1. The van der Waals surface area contributed by atoms with Crippen molar-refractivity contribution in [2.24, 2.45) is 5.92 Å². The number of nitrogens with one attached hydrogen (secondary N) is 2. The van der Waals surface area contributed by atoms with Crippen LogP contribution in [0.3, 0.4) is 0 Å². The van der Waals surface area contributed by atoms with E-state index in [0.717, 1.165) is 12.1 Å². The Kier molecular flexibility index (Phi) is 7.32. The number of allylic oxidation sites excluding steroid dienone is 1. The number of alkyl halides is 3. The average Bonchev–Trinajstić information content (AvgIpc) is 2.77. The van der Waals surface area contributed by atoms with E-state index < -0.39 is 34.2 Å². The lowest BCUT2D eigenvalue weighted by Crippen LogP contribution is -2.30. The molecule has 3 rings (SSSR count). The zero-order chi connectivity index (χ0) is 25.0. The van der Waals surface area contributed by atoms with Crippen LogP contribution in [0.25, 0.3) is 0 Å².